The lowest BCUT2D eigenvalue weighted by Crippen LogP contribution is -2.35. The highest BCUT2D eigenvalue weighted by Crippen LogP contribution is 2.12. The van der Waals surface area contributed by atoms with E-state index in [4.69, 9.17) is 4.74 Å². The van der Waals surface area contributed by atoms with Crippen molar-refractivity contribution in [1.82, 2.24) is 10.3 Å². The second kappa shape index (κ2) is 4.74. The number of aromatic nitrogens is 1. The largest absolute Gasteiger partial charge is 0.379 e. The number of carbonyl (C=O) groups excluding carboxylic acids is 1. The van der Waals surface area contributed by atoms with Crippen LogP contribution >= 0.6 is 0 Å². The van der Waals surface area contributed by atoms with E-state index in [-0.39, 0.29) is 11.9 Å². The first-order valence-corrected chi connectivity index (χ1v) is 6.07. The number of fused-ring (bicyclic) bond motifs is 1. The molecule has 1 aromatic heterocycles. The Morgan fingerprint density at radius 2 is 2.17 bits per heavy atom. The van der Waals surface area contributed by atoms with Gasteiger partial charge in [-0.25, -0.2) is 4.98 Å². The van der Waals surface area contributed by atoms with Crippen molar-refractivity contribution in [2.75, 3.05) is 13.2 Å². The van der Waals surface area contributed by atoms with E-state index in [9.17, 15) is 4.79 Å². The van der Waals surface area contributed by atoms with Crippen molar-refractivity contribution in [3.8, 4) is 0 Å². The third kappa shape index (κ3) is 2.19. The summed E-state index contributed by atoms with van der Waals surface area (Å²) in [6.07, 6.45) is 0.874. The van der Waals surface area contributed by atoms with Crippen molar-refractivity contribution in [2.45, 2.75) is 12.5 Å². The molecule has 1 N–H and O–H groups in total. The second-order valence-corrected chi connectivity index (χ2v) is 4.42. The molecule has 2 heterocycles. The van der Waals surface area contributed by atoms with Gasteiger partial charge in [0.1, 0.15) is 5.69 Å². The van der Waals surface area contributed by atoms with Crippen molar-refractivity contribution >= 4 is 16.8 Å². The third-order valence-corrected chi connectivity index (χ3v) is 3.10. The monoisotopic (exact) mass is 242 g/mol. The van der Waals surface area contributed by atoms with Crippen LogP contribution in [0.15, 0.2) is 36.4 Å². The first kappa shape index (κ1) is 11.2. The average molecular weight is 242 g/mol. The summed E-state index contributed by atoms with van der Waals surface area (Å²) >= 11 is 0. The third-order valence-electron chi connectivity index (χ3n) is 3.10. The van der Waals surface area contributed by atoms with Crippen molar-refractivity contribution < 1.29 is 9.53 Å². The fourth-order valence-electron chi connectivity index (χ4n) is 2.10. The van der Waals surface area contributed by atoms with Gasteiger partial charge in [0, 0.05) is 12.0 Å². The molecule has 1 atom stereocenters. The van der Waals surface area contributed by atoms with E-state index in [0.717, 1.165) is 23.9 Å². The van der Waals surface area contributed by atoms with E-state index in [1.807, 2.05) is 30.3 Å². The van der Waals surface area contributed by atoms with E-state index in [0.29, 0.717) is 12.3 Å². The van der Waals surface area contributed by atoms with Gasteiger partial charge >= 0.3 is 0 Å². The van der Waals surface area contributed by atoms with Crippen LogP contribution in [0.3, 0.4) is 0 Å². The summed E-state index contributed by atoms with van der Waals surface area (Å²) in [5, 5.41) is 3.97. The number of nitrogens with zero attached hydrogens (tertiary/aromatic N) is 1. The van der Waals surface area contributed by atoms with Gasteiger partial charge < -0.3 is 10.1 Å². The Hall–Kier alpha value is -1.94. The molecule has 0 unspecified atom stereocenters. The minimum absolute atomic E-state index is 0.116. The number of rotatable bonds is 2. The Kier molecular flexibility index (Phi) is 2.94. The number of nitrogens with one attached hydrogen (secondary N) is 1. The minimum atomic E-state index is -0.128. The van der Waals surface area contributed by atoms with Crippen LogP contribution in [0.5, 0.6) is 0 Å². The molecule has 1 saturated heterocycles. The molecule has 18 heavy (non-hydrogen) atoms. The zero-order valence-electron chi connectivity index (χ0n) is 9.93. The molecular weight excluding hydrogens is 228 g/mol. The van der Waals surface area contributed by atoms with E-state index in [2.05, 4.69) is 10.3 Å². The van der Waals surface area contributed by atoms with Crippen LogP contribution in [0.25, 0.3) is 10.9 Å². The van der Waals surface area contributed by atoms with E-state index in [1.54, 1.807) is 6.07 Å². The number of hydrogen-bond donors (Lipinski definition) is 1. The normalized spacial score (nSPS) is 19.0. The highest BCUT2D eigenvalue weighted by Gasteiger charge is 2.19. The zero-order chi connectivity index (χ0) is 12.4. The Balaban J connectivity index is 1.82. The SMILES string of the molecule is O=C(N[C@H]1CCOC1)c1ccc2ccccc2n1. The molecule has 0 saturated carbocycles. The Morgan fingerprint density at radius 3 is 3.00 bits per heavy atom. The molecule has 0 spiro atoms. The van der Waals surface area contributed by atoms with Crippen LogP contribution in [0, 0.1) is 0 Å². The van der Waals surface area contributed by atoms with Gasteiger partial charge in [-0.15, -0.1) is 0 Å². The van der Waals surface area contributed by atoms with Gasteiger partial charge in [-0.1, -0.05) is 24.3 Å². The summed E-state index contributed by atoms with van der Waals surface area (Å²) in [6.45, 7) is 1.31. The first-order valence-electron chi connectivity index (χ1n) is 6.07. The van der Waals surface area contributed by atoms with Gasteiger partial charge in [0.25, 0.3) is 5.91 Å². The Labute approximate surface area is 105 Å². The number of pyridine rings is 1. The van der Waals surface area contributed by atoms with Gasteiger partial charge in [-0.3, -0.25) is 4.79 Å². The number of amides is 1. The van der Waals surface area contributed by atoms with E-state index < -0.39 is 0 Å². The Morgan fingerprint density at radius 1 is 1.28 bits per heavy atom. The summed E-state index contributed by atoms with van der Waals surface area (Å²) in [7, 11) is 0. The predicted octanol–water partition coefficient (Wildman–Crippen LogP) is 1.75. The van der Waals surface area contributed by atoms with E-state index in [1.165, 1.54) is 0 Å². The fraction of sp³-hybridized carbons (Fsp3) is 0.286. The van der Waals surface area contributed by atoms with Crippen LogP contribution in [0.1, 0.15) is 16.9 Å². The molecule has 1 amide bonds. The van der Waals surface area contributed by atoms with Gasteiger partial charge in [-0.2, -0.15) is 0 Å². The molecule has 92 valence electrons. The summed E-state index contributed by atoms with van der Waals surface area (Å²) in [5.74, 6) is -0.128. The lowest BCUT2D eigenvalue weighted by Gasteiger charge is -2.10. The molecule has 1 aliphatic heterocycles. The number of ether oxygens (including phenoxy) is 1. The van der Waals surface area contributed by atoms with Gasteiger partial charge in [0.15, 0.2) is 0 Å². The standard InChI is InChI=1S/C14H14N2O2/c17-14(15-11-7-8-18-9-11)13-6-5-10-3-1-2-4-12(10)16-13/h1-6,11H,7-9H2,(H,15,17)/t11-/m0/s1. The first-order chi connectivity index (χ1) is 8.83. The number of para-hydroxylation sites is 1. The number of hydrogen-bond acceptors (Lipinski definition) is 3. The fourth-order valence-corrected chi connectivity index (χ4v) is 2.10. The van der Waals surface area contributed by atoms with Crippen LogP contribution in [0.4, 0.5) is 0 Å². The maximum atomic E-state index is 12.0. The predicted molar refractivity (Wildman–Crippen MR) is 68.4 cm³/mol. The molecule has 0 aliphatic carbocycles. The Bertz CT molecular complexity index is 577. The molecule has 4 heteroatoms. The summed E-state index contributed by atoms with van der Waals surface area (Å²) in [6, 6.07) is 11.6. The number of carbonyl (C=O) groups is 1. The second-order valence-electron chi connectivity index (χ2n) is 4.42. The van der Waals surface area contributed by atoms with Crippen molar-refractivity contribution in [3.63, 3.8) is 0 Å². The van der Waals surface area contributed by atoms with Crippen molar-refractivity contribution in [1.29, 1.82) is 0 Å². The molecule has 1 fully saturated rings. The molecule has 0 bridgehead atoms. The van der Waals surface area contributed by atoms with Gasteiger partial charge in [0.05, 0.1) is 18.2 Å². The molecule has 4 nitrogen and oxygen atoms in total. The van der Waals surface area contributed by atoms with Crippen LogP contribution < -0.4 is 5.32 Å². The highest BCUT2D eigenvalue weighted by molar-refractivity contribution is 5.95. The minimum Gasteiger partial charge on any atom is -0.379 e. The topological polar surface area (TPSA) is 51.2 Å². The summed E-state index contributed by atoms with van der Waals surface area (Å²) in [5.41, 5.74) is 1.30. The maximum Gasteiger partial charge on any atom is 0.270 e. The smallest absolute Gasteiger partial charge is 0.270 e. The lowest BCUT2D eigenvalue weighted by atomic mass is 10.2. The lowest BCUT2D eigenvalue weighted by molar-refractivity contribution is 0.0925. The summed E-state index contributed by atoms with van der Waals surface area (Å²) in [4.78, 5) is 16.4. The van der Waals surface area contributed by atoms with Crippen molar-refractivity contribution in [2.24, 2.45) is 0 Å². The zero-order valence-corrected chi connectivity index (χ0v) is 9.93. The van der Waals surface area contributed by atoms with Crippen LogP contribution in [0.2, 0.25) is 0 Å². The summed E-state index contributed by atoms with van der Waals surface area (Å²) < 4.78 is 5.23. The quantitative estimate of drug-likeness (QED) is 0.873. The van der Waals surface area contributed by atoms with Gasteiger partial charge in [-0.05, 0) is 18.6 Å². The van der Waals surface area contributed by atoms with Crippen molar-refractivity contribution in [3.05, 3.63) is 42.1 Å². The van der Waals surface area contributed by atoms with Gasteiger partial charge in [0.2, 0.25) is 0 Å². The molecule has 1 aromatic carbocycles. The highest BCUT2D eigenvalue weighted by atomic mass is 16.5. The molecule has 3 rings (SSSR count). The molecular formula is C14H14N2O2. The van der Waals surface area contributed by atoms with Crippen LogP contribution in [-0.2, 0) is 4.74 Å². The molecule has 0 radical (unpaired) electrons. The number of benzene rings is 1. The maximum absolute atomic E-state index is 12.0. The average Bonchev–Trinajstić information content (AvgIpc) is 2.91. The van der Waals surface area contributed by atoms with Crippen LogP contribution in [-0.4, -0.2) is 30.1 Å². The molecule has 2 aromatic rings. The van der Waals surface area contributed by atoms with E-state index >= 15 is 0 Å². The molecule has 1 aliphatic rings.